The van der Waals surface area contributed by atoms with E-state index in [1.807, 2.05) is 42.5 Å². The normalized spacial score (nSPS) is 32.5. The summed E-state index contributed by atoms with van der Waals surface area (Å²) in [5, 5.41) is 18.4. The molecule has 188 valence electrons. The summed E-state index contributed by atoms with van der Waals surface area (Å²) in [6.45, 7) is 2.21. The van der Waals surface area contributed by atoms with Crippen molar-refractivity contribution in [1.29, 1.82) is 0 Å². The molecule has 1 aromatic heterocycles. The Morgan fingerprint density at radius 1 is 1.14 bits per heavy atom. The summed E-state index contributed by atoms with van der Waals surface area (Å²) in [6, 6.07) is 5.82. The molecular formula is C25H28N6O5. The molecule has 3 amide bonds. The number of para-hydroxylation sites is 1. The maximum atomic E-state index is 14.2. The third-order valence-electron chi connectivity index (χ3n) is 7.85. The largest absolute Gasteiger partial charge is 0.394 e. The second-order valence-electron chi connectivity index (χ2n) is 9.95. The van der Waals surface area contributed by atoms with E-state index in [1.165, 1.54) is 4.90 Å². The van der Waals surface area contributed by atoms with Gasteiger partial charge in [-0.25, -0.2) is 4.68 Å². The number of carbonyl (C=O) groups is 3. The Hall–Kier alpha value is -3.57. The molecule has 2 aromatic rings. The highest BCUT2D eigenvalue weighted by atomic mass is 16.5. The SMILES string of the molecule is C[C@H](CO)N1C(=O)[C@@H]2[C@H]3C(=O)N(C)CC=C[C@H]3O[C@@]23C=CCN(Cn2nnc4ccccc42)C(=O)C13. The van der Waals surface area contributed by atoms with Crippen molar-refractivity contribution in [2.45, 2.75) is 37.4 Å². The van der Waals surface area contributed by atoms with Gasteiger partial charge in [0.05, 0.1) is 36.1 Å². The molecular weight excluding hydrogens is 464 g/mol. The first-order valence-electron chi connectivity index (χ1n) is 12.1. The van der Waals surface area contributed by atoms with Crippen LogP contribution < -0.4 is 0 Å². The Labute approximate surface area is 207 Å². The van der Waals surface area contributed by atoms with Gasteiger partial charge in [0.1, 0.15) is 23.8 Å². The molecule has 11 heteroatoms. The number of likely N-dealkylation sites (N-methyl/N-ethyl adjacent to an activating group) is 1. The molecule has 5 heterocycles. The van der Waals surface area contributed by atoms with E-state index < -0.39 is 35.6 Å². The molecule has 1 unspecified atom stereocenters. The quantitative estimate of drug-likeness (QED) is 0.586. The number of rotatable bonds is 4. The molecule has 6 rings (SSSR count). The van der Waals surface area contributed by atoms with Crippen LogP contribution in [0.1, 0.15) is 6.92 Å². The van der Waals surface area contributed by atoms with E-state index in [0.29, 0.717) is 12.1 Å². The zero-order valence-electron chi connectivity index (χ0n) is 20.1. The Morgan fingerprint density at radius 2 is 1.94 bits per heavy atom. The standard InChI is InChI=1S/C25H28N6O5/c1-15(13-32)31-21-24(35)29(14-30-17-8-4-3-7-16(17)26-27-30)12-6-10-25(21)20(23(31)34)19-18(36-25)9-5-11-28(2)22(19)33/h3-10,15,18-21,32H,11-14H2,1-2H3/t15-,18-,19+,20+,21?,25+/m1/s1. The second-order valence-corrected chi connectivity index (χ2v) is 9.95. The van der Waals surface area contributed by atoms with E-state index >= 15 is 0 Å². The van der Waals surface area contributed by atoms with Crippen LogP contribution in [0.2, 0.25) is 0 Å². The lowest BCUT2D eigenvalue weighted by atomic mass is 9.77. The molecule has 36 heavy (non-hydrogen) atoms. The summed E-state index contributed by atoms with van der Waals surface area (Å²) < 4.78 is 8.18. The van der Waals surface area contributed by atoms with Crippen LogP contribution >= 0.6 is 0 Å². The predicted molar refractivity (Wildman–Crippen MR) is 127 cm³/mol. The molecule has 0 saturated carbocycles. The molecule has 11 nitrogen and oxygen atoms in total. The Balaban J connectivity index is 1.42. The van der Waals surface area contributed by atoms with E-state index in [0.717, 1.165) is 5.52 Å². The van der Waals surface area contributed by atoms with Gasteiger partial charge in [-0.15, -0.1) is 5.10 Å². The Bertz CT molecular complexity index is 1300. The van der Waals surface area contributed by atoms with Gasteiger partial charge < -0.3 is 24.5 Å². The van der Waals surface area contributed by atoms with Gasteiger partial charge in [-0.3, -0.25) is 14.4 Å². The molecule has 6 atom stereocenters. The monoisotopic (exact) mass is 492 g/mol. The lowest BCUT2D eigenvalue weighted by molar-refractivity contribution is -0.151. The predicted octanol–water partition coefficient (Wildman–Crippen LogP) is -0.223. The minimum atomic E-state index is -1.32. The van der Waals surface area contributed by atoms with Crippen LogP contribution in [0.25, 0.3) is 11.0 Å². The Kier molecular flexibility index (Phi) is 5.23. The molecule has 1 spiro atoms. The van der Waals surface area contributed by atoms with E-state index in [-0.39, 0.29) is 37.5 Å². The van der Waals surface area contributed by atoms with Crippen LogP contribution in [-0.2, 0) is 25.8 Å². The molecule has 1 aromatic carbocycles. The van der Waals surface area contributed by atoms with Crippen molar-refractivity contribution >= 4 is 28.8 Å². The summed E-state index contributed by atoms with van der Waals surface area (Å²) in [7, 11) is 1.70. The number of hydrogen-bond donors (Lipinski definition) is 1. The highest BCUT2D eigenvalue weighted by Gasteiger charge is 2.72. The van der Waals surface area contributed by atoms with Crippen LogP contribution in [0.5, 0.6) is 0 Å². The van der Waals surface area contributed by atoms with Gasteiger partial charge in [0.15, 0.2) is 0 Å². The number of hydrogen-bond acceptors (Lipinski definition) is 7. The number of amides is 3. The molecule has 0 radical (unpaired) electrons. The van der Waals surface area contributed by atoms with Crippen LogP contribution in [0.3, 0.4) is 0 Å². The average Bonchev–Trinajstić information content (AvgIpc) is 3.44. The number of aliphatic hydroxyl groups excluding tert-OH is 1. The van der Waals surface area contributed by atoms with Gasteiger partial charge in [-0.05, 0) is 19.1 Å². The number of fused-ring (bicyclic) bond motifs is 3. The molecule has 2 saturated heterocycles. The molecule has 0 bridgehead atoms. The van der Waals surface area contributed by atoms with Crippen LogP contribution in [0.15, 0.2) is 48.6 Å². The van der Waals surface area contributed by atoms with Crippen molar-refractivity contribution in [3.63, 3.8) is 0 Å². The molecule has 2 fully saturated rings. The molecule has 4 aliphatic heterocycles. The van der Waals surface area contributed by atoms with Gasteiger partial charge in [-0.2, -0.15) is 0 Å². The van der Waals surface area contributed by atoms with Gasteiger partial charge in [0.25, 0.3) is 5.91 Å². The van der Waals surface area contributed by atoms with Gasteiger partial charge >= 0.3 is 0 Å². The lowest BCUT2D eigenvalue weighted by Gasteiger charge is -2.37. The fourth-order valence-electron chi connectivity index (χ4n) is 6.12. The van der Waals surface area contributed by atoms with Gasteiger partial charge in [0.2, 0.25) is 11.8 Å². The minimum absolute atomic E-state index is 0.130. The smallest absolute Gasteiger partial charge is 0.250 e. The van der Waals surface area contributed by atoms with Gasteiger partial charge in [0, 0.05) is 20.1 Å². The third kappa shape index (κ3) is 3.09. The van der Waals surface area contributed by atoms with Gasteiger partial charge in [-0.1, -0.05) is 41.7 Å². The first-order chi connectivity index (χ1) is 17.4. The van der Waals surface area contributed by atoms with Crippen molar-refractivity contribution < 1.29 is 24.2 Å². The summed E-state index contributed by atoms with van der Waals surface area (Å²) >= 11 is 0. The van der Waals surface area contributed by atoms with Crippen molar-refractivity contribution in [2.75, 3.05) is 26.7 Å². The minimum Gasteiger partial charge on any atom is -0.394 e. The molecule has 0 aliphatic carbocycles. The fourth-order valence-corrected chi connectivity index (χ4v) is 6.12. The van der Waals surface area contributed by atoms with E-state index in [2.05, 4.69) is 10.3 Å². The molecule has 1 N–H and O–H groups in total. The van der Waals surface area contributed by atoms with Crippen LogP contribution in [0.4, 0.5) is 0 Å². The highest BCUT2D eigenvalue weighted by molar-refractivity contribution is 6.00. The summed E-state index contributed by atoms with van der Waals surface area (Å²) in [5.74, 6) is -2.47. The lowest BCUT2D eigenvalue weighted by Crippen LogP contribution is -2.57. The first-order valence-corrected chi connectivity index (χ1v) is 12.1. The van der Waals surface area contributed by atoms with E-state index in [9.17, 15) is 19.5 Å². The van der Waals surface area contributed by atoms with Crippen molar-refractivity contribution in [2.24, 2.45) is 11.8 Å². The summed E-state index contributed by atoms with van der Waals surface area (Å²) in [5.41, 5.74) is 0.184. The first kappa shape index (κ1) is 22.9. The van der Waals surface area contributed by atoms with Crippen molar-refractivity contribution in [3.8, 4) is 0 Å². The number of nitrogens with zero attached hydrogens (tertiary/aromatic N) is 6. The molecule has 4 aliphatic rings. The fraction of sp³-hybridized carbons (Fsp3) is 0.480. The van der Waals surface area contributed by atoms with E-state index in [4.69, 9.17) is 4.74 Å². The number of aliphatic hydroxyl groups is 1. The zero-order valence-corrected chi connectivity index (χ0v) is 20.1. The van der Waals surface area contributed by atoms with Crippen LogP contribution in [-0.4, -0.2) is 103 Å². The topological polar surface area (TPSA) is 121 Å². The Morgan fingerprint density at radius 3 is 2.75 bits per heavy atom. The van der Waals surface area contributed by atoms with Crippen molar-refractivity contribution in [1.82, 2.24) is 29.7 Å². The summed E-state index contributed by atoms with van der Waals surface area (Å²) in [6.07, 6.45) is 6.68. The zero-order chi connectivity index (χ0) is 25.2. The van der Waals surface area contributed by atoms with E-state index in [1.54, 1.807) is 34.5 Å². The van der Waals surface area contributed by atoms with Crippen LogP contribution in [0, 0.1) is 11.8 Å². The number of benzene rings is 1. The number of aromatic nitrogens is 3. The second kappa shape index (κ2) is 8.24. The summed E-state index contributed by atoms with van der Waals surface area (Å²) in [4.78, 5) is 46.1. The number of ether oxygens (including phenoxy) is 1. The number of likely N-dealkylation sites (tertiary alicyclic amines) is 1. The maximum Gasteiger partial charge on any atom is 0.250 e. The third-order valence-corrected chi connectivity index (χ3v) is 7.85. The average molecular weight is 493 g/mol. The maximum absolute atomic E-state index is 14.2. The highest BCUT2D eigenvalue weighted by Crippen LogP contribution is 2.53. The number of carbonyl (C=O) groups excluding carboxylic acids is 3. The van der Waals surface area contributed by atoms with Crippen molar-refractivity contribution in [3.05, 3.63) is 48.6 Å².